The van der Waals surface area contributed by atoms with E-state index in [9.17, 15) is 9.59 Å². The van der Waals surface area contributed by atoms with Gasteiger partial charge in [0.2, 0.25) is 11.8 Å². The summed E-state index contributed by atoms with van der Waals surface area (Å²) in [5.41, 5.74) is 7.35. The third kappa shape index (κ3) is 5.52. The van der Waals surface area contributed by atoms with Crippen molar-refractivity contribution >= 4 is 34.8 Å². The lowest BCUT2D eigenvalue weighted by molar-refractivity contribution is -0.119. The minimum Gasteiger partial charge on any atom is -0.366 e. The molecule has 2 aromatic carbocycles. The summed E-state index contributed by atoms with van der Waals surface area (Å²) in [4.78, 5) is 22.8. The van der Waals surface area contributed by atoms with Gasteiger partial charge in [-0.3, -0.25) is 9.59 Å². The number of carbonyl (C=O) groups excluding carboxylic acids is 2. The van der Waals surface area contributed by atoms with E-state index in [0.717, 1.165) is 5.56 Å². The Morgan fingerprint density at radius 1 is 1.00 bits per heavy atom. The number of nitrogens with one attached hydrogen (secondary N) is 2. The number of hydrogen-bond donors (Lipinski definition) is 3. The quantitative estimate of drug-likeness (QED) is 0.735. The van der Waals surface area contributed by atoms with E-state index >= 15 is 0 Å². The Bertz CT molecular complexity index is 700. The van der Waals surface area contributed by atoms with Gasteiger partial charge in [-0.05, 0) is 48.5 Å². The zero-order valence-electron chi connectivity index (χ0n) is 12.4. The first-order valence-electron chi connectivity index (χ1n) is 7.09. The van der Waals surface area contributed by atoms with E-state index in [0.29, 0.717) is 24.1 Å². The number of nitrogens with two attached hydrogens (primary N) is 1. The normalized spacial score (nSPS) is 9.91. The Hall–Kier alpha value is -2.73. The van der Waals surface area contributed by atoms with Crippen molar-refractivity contribution in [1.82, 2.24) is 5.32 Å². The lowest BCUT2D eigenvalue weighted by Gasteiger charge is -2.10. The van der Waals surface area contributed by atoms with Crippen LogP contribution < -0.4 is 16.4 Å². The van der Waals surface area contributed by atoms with Crippen LogP contribution in [0.3, 0.4) is 0 Å². The van der Waals surface area contributed by atoms with Crippen LogP contribution in [0.2, 0.25) is 0 Å². The maximum atomic E-state index is 11.9. The summed E-state index contributed by atoms with van der Waals surface area (Å²) >= 11 is 5.09. The van der Waals surface area contributed by atoms with Gasteiger partial charge in [-0.15, -0.1) is 0 Å². The van der Waals surface area contributed by atoms with Gasteiger partial charge in [0.05, 0.1) is 0 Å². The molecule has 2 rings (SSSR count). The number of carbonyl (C=O) groups is 2. The van der Waals surface area contributed by atoms with Crippen LogP contribution in [0.4, 0.5) is 5.69 Å². The molecule has 0 aliphatic carbocycles. The van der Waals surface area contributed by atoms with Crippen molar-refractivity contribution in [1.29, 1.82) is 0 Å². The third-order valence-electron chi connectivity index (χ3n) is 3.16. The molecular weight excluding hydrogens is 310 g/mol. The molecule has 0 aromatic heterocycles. The van der Waals surface area contributed by atoms with Gasteiger partial charge in [0.25, 0.3) is 0 Å². The highest BCUT2D eigenvalue weighted by molar-refractivity contribution is 7.80. The van der Waals surface area contributed by atoms with Gasteiger partial charge in [0, 0.05) is 17.7 Å². The smallest absolute Gasteiger partial charge is 0.248 e. The van der Waals surface area contributed by atoms with Gasteiger partial charge in [-0.25, -0.2) is 0 Å². The second kappa shape index (κ2) is 8.05. The van der Waals surface area contributed by atoms with Crippen LogP contribution in [-0.2, 0) is 11.2 Å². The number of rotatable bonds is 5. The Labute approximate surface area is 139 Å². The largest absolute Gasteiger partial charge is 0.366 e. The molecule has 2 aromatic rings. The molecule has 118 valence electrons. The first-order valence-corrected chi connectivity index (χ1v) is 7.50. The molecule has 0 saturated heterocycles. The van der Waals surface area contributed by atoms with Crippen LogP contribution in [-0.4, -0.2) is 16.9 Å². The molecule has 0 bridgehead atoms. The highest BCUT2D eigenvalue weighted by Gasteiger charge is 2.06. The van der Waals surface area contributed by atoms with Crippen molar-refractivity contribution < 1.29 is 9.59 Å². The monoisotopic (exact) mass is 327 g/mol. The maximum absolute atomic E-state index is 11.9. The van der Waals surface area contributed by atoms with Gasteiger partial charge >= 0.3 is 0 Å². The van der Waals surface area contributed by atoms with E-state index in [-0.39, 0.29) is 11.0 Å². The van der Waals surface area contributed by atoms with Crippen molar-refractivity contribution in [3.05, 3.63) is 65.7 Å². The minimum absolute atomic E-state index is 0.153. The molecule has 4 N–H and O–H groups in total. The lowest BCUT2D eigenvalue weighted by Crippen LogP contribution is -2.34. The van der Waals surface area contributed by atoms with Crippen LogP contribution in [0.15, 0.2) is 54.6 Å². The van der Waals surface area contributed by atoms with E-state index in [1.54, 1.807) is 24.3 Å². The fourth-order valence-corrected chi connectivity index (χ4v) is 2.20. The molecule has 0 heterocycles. The summed E-state index contributed by atoms with van der Waals surface area (Å²) in [6.45, 7) is 0. The molecule has 5 nitrogen and oxygen atoms in total. The van der Waals surface area contributed by atoms with E-state index in [4.69, 9.17) is 18.0 Å². The lowest BCUT2D eigenvalue weighted by atomic mass is 10.1. The number of hydrogen-bond acceptors (Lipinski definition) is 3. The Morgan fingerprint density at radius 2 is 1.65 bits per heavy atom. The Kier molecular flexibility index (Phi) is 5.82. The standard InChI is InChI=1S/C17H17N3O2S/c18-16(22)13-7-9-14(10-8-13)19-17(23)20-15(21)11-6-12-4-2-1-3-5-12/h1-5,7-10H,6,11H2,(H2,18,22)(H2,19,20,21,23). The number of aryl methyl sites for hydroxylation is 1. The van der Waals surface area contributed by atoms with Crippen LogP contribution >= 0.6 is 12.2 Å². The fraction of sp³-hybridized carbons (Fsp3) is 0.118. The topological polar surface area (TPSA) is 84.2 Å². The molecule has 23 heavy (non-hydrogen) atoms. The van der Waals surface area contributed by atoms with Crippen molar-refractivity contribution in [3.8, 4) is 0 Å². The van der Waals surface area contributed by atoms with Crippen LogP contribution in [0.25, 0.3) is 0 Å². The van der Waals surface area contributed by atoms with Gasteiger partial charge in [0.1, 0.15) is 0 Å². The average Bonchev–Trinajstić information content (AvgIpc) is 2.54. The zero-order chi connectivity index (χ0) is 16.7. The number of anilines is 1. The van der Waals surface area contributed by atoms with Gasteiger partial charge < -0.3 is 16.4 Å². The highest BCUT2D eigenvalue weighted by atomic mass is 32.1. The molecule has 0 aliphatic rings. The van der Waals surface area contributed by atoms with Crippen LogP contribution in [0.5, 0.6) is 0 Å². The number of amides is 2. The molecule has 0 atom stereocenters. The second-order valence-corrected chi connectivity index (χ2v) is 5.34. The summed E-state index contributed by atoms with van der Waals surface area (Å²) < 4.78 is 0. The molecule has 0 spiro atoms. The number of primary amides is 1. The molecule has 0 saturated carbocycles. The molecule has 0 unspecified atom stereocenters. The predicted octanol–water partition coefficient (Wildman–Crippen LogP) is 2.23. The van der Waals surface area contributed by atoms with Crippen LogP contribution in [0, 0.1) is 0 Å². The summed E-state index contributed by atoms with van der Waals surface area (Å²) in [6, 6.07) is 16.3. The third-order valence-corrected chi connectivity index (χ3v) is 3.37. The van der Waals surface area contributed by atoms with Gasteiger partial charge in [0.15, 0.2) is 5.11 Å². The summed E-state index contributed by atoms with van der Waals surface area (Å²) in [5.74, 6) is -0.645. The van der Waals surface area contributed by atoms with E-state index in [2.05, 4.69) is 10.6 Å². The number of thiocarbonyl (C=S) groups is 1. The highest BCUT2D eigenvalue weighted by Crippen LogP contribution is 2.09. The molecular formula is C17H17N3O2S. The minimum atomic E-state index is -0.492. The molecule has 0 radical (unpaired) electrons. The van der Waals surface area contributed by atoms with Crippen molar-refractivity contribution in [2.45, 2.75) is 12.8 Å². The van der Waals surface area contributed by atoms with Crippen molar-refractivity contribution in [2.75, 3.05) is 5.32 Å². The first kappa shape index (κ1) is 16.6. The van der Waals surface area contributed by atoms with Crippen LogP contribution in [0.1, 0.15) is 22.3 Å². The predicted molar refractivity (Wildman–Crippen MR) is 94.1 cm³/mol. The van der Waals surface area contributed by atoms with Gasteiger partial charge in [-0.2, -0.15) is 0 Å². The Morgan fingerprint density at radius 3 is 2.26 bits per heavy atom. The molecule has 0 fully saturated rings. The molecule has 0 aliphatic heterocycles. The van der Waals surface area contributed by atoms with Crippen molar-refractivity contribution in [3.63, 3.8) is 0 Å². The zero-order valence-corrected chi connectivity index (χ0v) is 13.2. The van der Waals surface area contributed by atoms with E-state index in [1.165, 1.54) is 0 Å². The molecule has 2 amide bonds. The first-order chi connectivity index (χ1) is 11.0. The van der Waals surface area contributed by atoms with Crippen molar-refractivity contribution in [2.24, 2.45) is 5.73 Å². The molecule has 6 heteroatoms. The summed E-state index contributed by atoms with van der Waals surface area (Å²) in [5, 5.41) is 5.73. The van der Waals surface area contributed by atoms with Gasteiger partial charge in [-0.1, -0.05) is 30.3 Å². The summed E-state index contributed by atoms with van der Waals surface area (Å²) in [7, 11) is 0. The maximum Gasteiger partial charge on any atom is 0.248 e. The fourth-order valence-electron chi connectivity index (χ4n) is 1.97. The number of benzene rings is 2. The average molecular weight is 327 g/mol. The SMILES string of the molecule is NC(=O)c1ccc(NC(=S)NC(=O)CCc2ccccc2)cc1. The Balaban J connectivity index is 1.79. The summed E-state index contributed by atoms with van der Waals surface area (Å²) in [6.07, 6.45) is 1.01. The van der Waals surface area contributed by atoms with E-state index in [1.807, 2.05) is 30.3 Å². The second-order valence-electron chi connectivity index (χ2n) is 4.93. The van der Waals surface area contributed by atoms with E-state index < -0.39 is 5.91 Å².